The van der Waals surface area contributed by atoms with Crippen molar-refractivity contribution in [2.45, 2.75) is 6.42 Å². The van der Waals surface area contributed by atoms with Gasteiger partial charge in [-0.2, -0.15) is 0 Å². The lowest BCUT2D eigenvalue weighted by Gasteiger charge is -2.06. The van der Waals surface area contributed by atoms with Crippen molar-refractivity contribution in [2.24, 2.45) is 0 Å². The Hall–Kier alpha value is -2.50. The Labute approximate surface area is 114 Å². The van der Waals surface area contributed by atoms with Gasteiger partial charge in [0.2, 0.25) is 0 Å². The molecule has 0 radical (unpaired) electrons. The molecular weight excluding hydrogens is 266 g/mol. The highest BCUT2D eigenvalue weighted by atomic mass is 19.1. The molecule has 0 spiro atoms. The van der Waals surface area contributed by atoms with Crippen molar-refractivity contribution in [1.29, 1.82) is 0 Å². The van der Waals surface area contributed by atoms with E-state index in [1.54, 1.807) is 0 Å². The molecule has 1 heterocycles. The van der Waals surface area contributed by atoms with Crippen molar-refractivity contribution in [2.75, 3.05) is 6.54 Å². The molecular formula is C14H12F2N2O2. The number of carbonyl (C=O) groups is 1. The summed E-state index contributed by atoms with van der Waals surface area (Å²) in [6.45, 7) is 0.198. The van der Waals surface area contributed by atoms with Gasteiger partial charge in [-0.1, -0.05) is 0 Å². The van der Waals surface area contributed by atoms with Crippen LogP contribution in [0.1, 0.15) is 15.9 Å². The standard InChI is InChI=1S/C14H12F2N2O2/c15-10-5-9(6-11(16)7-10)1-4-18-14(20)12-2-3-17-8-13(12)19/h2-3,5-8,19H,1,4H2,(H,18,20). The van der Waals surface area contributed by atoms with Gasteiger partial charge in [-0.15, -0.1) is 0 Å². The van der Waals surface area contributed by atoms with E-state index in [1.807, 2.05) is 0 Å². The second-order valence-corrected chi connectivity index (χ2v) is 4.18. The predicted octanol–water partition coefficient (Wildman–Crippen LogP) is 2.04. The van der Waals surface area contributed by atoms with Crippen molar-refractivity contribution in [3.8, 4) is 5.75 Å². The molecule has 1 aromatic heterocycles. The van der Waals surface area contributed by atoms with Gasteiger partial charge in [0.1, 0.15) is 17.4 Å². The van der Waals surface area contributed by atoms with Crippen molar-refractivity contribution >= 4 is 5.91 Å². The largest absolute Gasteiger partial charge is 0.505 e. The maximum Gasteiger partial charge on any atom is 0.255 e. The molecule has 6 heteroatoms. The Morgan fingerprint density at radius 1 is 1.25 bits per heavy atom. The molecule has 2 aromatic rings. The first-order valence-corrected chi connectivity index (χ1v) is 5.92. The predicted molar refractivity (Wildman–Crippen MR) is 68.3 cm³/mol. The molecule has 0 aliphatic rings. The molecule has 2 rings (SSSR count). The van der Waals surface area contributed by atoms with Crippen LogP contribution < -0.4 is 5.32 Å². The molecule has 0 saturated heterocycles. The Kier molecular flexibility index (Phi) is 4.24. The van der Waals surface area contributed by atoms with E-state index in [1.165, 1.54) is 24.4 Å². The van der Waals surface area contributed by atoms with Crippen LogP contribution in [0.25, 0.3) is 0 Å². The summed E-state index contributed by atoms with van der Waals surface area (Å²) >= 11 is 0. The highest BCUT2D eigenvalue weighted by molar-refractivity contribution is 5.96. The number of nitrogens with zero attached hydrogens (tertiary/aromatic N) is 1. The monoisotopic (exact) mass is 278 g/mol. The number of rotatable bonds is 4. The van der Waals surface area contributed by atoms with Gasteiger partial charge in [-0.3, -0.25) is 9.78 Å². The van der Waals surface area contributed by atoms with Crippen molar-refractivity contribution in [1.82, 2.24) is 10.3 Å². The quantitative estimate of drug-likeness (QED) is 0.899. The first-order chi connectivity index (χ1) is 9.56. The van der Waals surface area contributed by atoms with E-state index in [0.717, 1.165) is 12.3 Å². The van der Waals surface area contributed by atoms with Gasteiger partial charge >= 0.3 is 0 Å². The van der Waals surface area contributed by atoms with Crippen LogP contribution in [-0.4, -0.2) is 22.5 Å². The molecule has 0 fully saturated rings. The van der Waals surface area contributed by atoms with Crippen LogP contribution in [0.3, 0.4) is 0 Å². The fourth-order valence-electron chi connectivity index (χ4n) is 1.75. The number of carbonyl (C=O) groups excluding carboxylic acids is 1. The minimum Gasteiger partial charge on any atom is -0.505 e. The number of halogens is 2. The summed E-state index contributed by atoms with van der Waals surface area (Å²) in [5.41, 5.74) is 0.548. The Bertz CT molecular complexity index is 612. The molecule has 0 atom stereocenters. The summed E-state index contributed by atoms with van der Waals surface area (Å²) in [5, 5.41) is 12.0. The number of aromatic hydroxyl groups is 1. The van der Waals surface area contributed by atoms with Gasteiger partial charge in [0.25, 0.3) is 5.91 Å². The number of hydrogen-bond donors (Lipinski definition) is 2. The second-order valence-electron chi connectivity index (χ2n) is 4.18. The number of aromatic nitrogens is 1. The lowest BCUT2D eigenvalue weighted by atomic mass is 10.1. The zero-order valence-electron chi connectivity index (χ0n) is 10.4. The highest BCUT2D eigenvalue weighted by Crippen LogP contribution is 2.13. The zero-order valence-corrected chi connectivity index (χ0v) is 10.4. The molecule has 0 aliphatic heterocycles. The summed E-state index contributed by atoms with van der Waals surface area (Å²) < 4.78 is 25.9. The molecule has 0 aliphatic carbocycles. The fourth-order valence-corrected chi connectivity index (χ4v) is 1.75. The van der Waals surface area contributed by atoms with Crippen LogP contribution in [0.15, 0.2) is 36.7 Å². The van der Waals surface area contributed by atoms with E-state index in [-0.39, 0.29) is 24.3 Å². The molecule has 0 unspecified atom stereocenters. The molecule has 20 heavy (non-hydrogen) atoms. The van der Waals surface area contributed by atoms with Crippen LogP contribution in [0.4, 0.5) is 8.78 Å². The number of amides is 1. The van der Waals surface area contributed by atoms with Crippen LogP contribution in [-0.2, 0) is 6.42 Å². The topological polar surface area (TPSA) is 62.2 Å². The van der Waals surface area contributed by atoms with Crippen molar-refractivity contribution in [3.63, 3.8) is 0 Å². The Balaban J connectivity index is 1.93. The minimum atomic E-state index is -0.655. The van der Waals surface area contributed by atoms with Gasteiger partial charge in [-0.05, 0) is 30.2 Å². The average Bonchev–Trinajstić information content (AvgIpc) is 2.38. The van der Waals surface area contributed by atoms with E-state index in [4.69, 9.17) is 0 Å². The van der Waals surface area contributed by atoms with E-state index in [2.05, 4.69) is 10.3 Å². The van der Waals surface area contributed by atoms with Gasteiger partial charge in [0, 0.05) is 18.8 Å². The number of benzene rings is 1. The third-order valence-electron chi connectivity index (χ3n) is 2.67. The highest BCUT2D eigenvalue weighted by Gasteiger charge is 2.10. The van der Waals surface area contributed by atoms with Crippen molar-refractivity contribution in [3.05, 3.63) is 59.4 Å². The summed E-state index contributed by atoms with van der Waals surface area (Å²) in [5.74, 6) is -2.00. The summed E-state index contributed by atoms with van der Waals surface area (Å²) in [4.78, 5) is 15.4. The SMILES string of the molecule is O=C(NCCc1cc(F)cc(F)c1)c1ccncc1O. The zero-order chi connectivity index (χ0) is 14.5. The van der Waals surface area contributed by atoms with E-state index < -0.39 is 17.5 Å². The van der Waals surface area contributed by atoms with Crippen molar-refractivity contribution < 1.29 is 18.7 Å². The maximum atomic E-state index is 13.0. The lowest BCUT2D eigenvalue weighted by molar-refractivity contribution is 0.0951. The number of hydrogen-bond acceptors (Lipinski definition) is 3. The lowest BCUT2D eigenvalue weighted by Crippen LogP contribution is -2.25. The summed E-state index contributed by atoms with van der Waals surface area (Å²) in [7, 11) is 0. The van der Waals surface area contributed by atoms with E-state index in [9.17, 15) is 18.7 Å². The third kappa shape index (κ3) is 3.50. The first kappa shape index (κ1) is 13.9. The van der Waals surface area contributed by atoms with Gasteiger partial charge < -0.3 is 10.4 Å². The normalized spacial score (nSPS) is 10.3. The van der Waals surface area contributed by atoms with Crippen LogP contribution in [0.5, 0.6) is 5.75 Å². The molecule has 2 N–H and O–H groups in total. The molecule has 104 valence electrons. The van der Waals surface area contributed by atoms with Gasteiger partial charge in [-0.25, -0.2) is 8.78 Å². The molecule has 0 bridgehead atoms. The molecule has 1 aromatic carbocycles. The minimum absolute atomic E-state index is 0.102. The molecule has 4 nitrogen and oxygen atoms in total. The third-order valence-corrected chi connectivity index (χ3v) is 2.67. The van der Waals surface area contributed by atoms with E-state index in [0.29, 0.717) is 5.56 Å². The van der Waals surface area contributed by atoms with Gasteiger partial charge in [0.05, 0.1) is 11.8 Å². The number of pyridine rings is 1. The fraction of sp³-hybridized carbons (Fsp3) is 0.143. The van der Waals surface area contributed by atoms with Crippen LogP contribution in [0.2, 0.25) is 0 Å². The second kappa shape index (κ2) is 6.10. The average molecular weight is 278 g/mol. The molecule has 0 saturated carbocycles. The summed E-state index contributed by atoms with van der Waals surface area (Å²) in [6, 6.07) is 4.59. The van der Waals surface area contributed by atoms with Crippen LogP contribution in [0, 0.1) is 11.6 Å². The first-order valence-electron chi connectivity index (χ1n) is 5.92. The Morgan fingerprint density at radius 2 is 1.95 bits per heavy atom. The Morgan fingerprint density at radius 3 is 2.60 bits per heavy atom. The smallest absolute Gasteiger partial charge is 0.255 e. The summed E-state index contributed by atoms with van der Waals surface area (Å²) in [6.07, 6.45) is 2.83. The maximum absolute atomic E-state index is 13.0. The molecule has 1 amide bonds. The van der Waals surface area contributed by atoms with Crippen LogP contribution >= 0.6 is 0 Å². The van der Waals surface area contributed by atoms with Gasteiger partial charge in [0.15, 0.2) is 0 Å². The number of nitrogens with one attached hydrogen (secondary N) is 1. The van der Waals surface area contributed by atoms with E-state index >= 15 is 0 Å².